The van der Waals surface area contributed by atoms with Crippen LogP contribution in [-0.4, -0.2) is 113 Å². The lowest BCUT2D eigenvalue weighted by atomic mass is 9.98. The van der Waals surface area contributed by atoms with Crippen molar-refractivity contribution in [2.75, 3.05) is 19.6 Å². The minimum absolute atomic E-state index is 0.0236. The van der Waals surface area contributed by atoms with E-state index in [-0.39, 0.29) is 38.1 Å². The van der Waals surface area contributed by atoms with Gasteiger partial charge >= 0.3 is 5.97 Å². The molecule has 9 N–H and O–H groups in total. The highest BCUT2D eigenvalue weighted by Gasteiger charge is 2.40. The smallest absolute Gasteiger partial charge is 0.308 e. The molecule has 3 rings (SSSR count). The lowest BCUT2D eigenvalue weighted by molar-refractivity contribution is -0.156. The molecule has 5 atom stereocenters. The van der Waals surface area contributed by atoms with E-state index >= 15 is 0 Å². The first-order chi connectivity index (χ1) is 28.3. The van der Waals surface area contributed by atoms with E-state index < -0.39 is 90.2 Å². The monoisotopic (exact) mass is 837 g/mol. The predicted molar refractivity (Wildman–Crippen MR) is 224 cm³/mol. The average Bonchev–Trinajstić information content (AvgIpc) is 3.83. The van der Waals surface area contributed by atoms with Gasteiger partial charge in [-0.2, -0.15) is 0 Å². The van der Waals surface area contributed by atoms with E-state index in [9.17, 15) is 38.4 Å². The van der Waals surface area contributed by atoms with Crippen molar-refractivity contribution in [1.82, 2.24) is 31.5 Å². The molecule has 18 nitrogen and oxygen atoms in total. The van der Waals surface area contributed by atoms with Gasteiger partial charge in [0.15, 0.2) is 0 Å². The maximum Gasteiger partial charge on any atom is 0.308 e. The molecule has 60 heavy (non-hydrogen) atoms. The number of allylic oxidation sites excluding steroid dienone is 1. The van der Waals surface area contributed by atoms with Crippen LogP contribution in [0.25, 0.3) is 5.57 Å². The first kappa shape index (κ1) is 48.6. The number of primary amides is 1. The Labute approximate surface area is 351 Å². The number of hydrogen-bond acceptors (Lipinski definition) is 10. The first-order valence-corrected chi connectivity index (χ1v) is 20.7. The highest BCUT2D eigenvalue weighted by atomic mass is 16.6. The minimum Gasteiger partial charge on any atom is -0.460 e. The second-order valence-corrected chi connectivity index (χ2v) is 16.1. The maximum atomic E-state index is 14.5. The number of likely N-dealkylation sites (tertiary alicyclic amines) is 1. The average molecular weight is 838 g/mol. The van der Waals surface area contributed by atoms with Gasteiger partial charge in [0.2, 0.25) is 41.4 Å². The van der Waals surface area contributed by atoms with Crippen LogP contribution in [0.1, 0.15) is 110 Å². The van der Waals surface area contributed by atoms with Crippen LogP contribution >= 0.6 is 0 Å². The molecule has 1 heterocycles. The van der Waals surface area contributed by atoms with Crippen molar-refractivity contribution in [3.05, 3.63) is 41.5 Å². The molecular formula is C42H63N9O9. The molecule has 1 aromatic carbocycles. The molecule has 1 aliphatic carbocycles. The van der Waals surface area contributed by atoms with Crippen LogP contribution in [0.4, 0.5) is 0 Å². The summed E-state index contributed by atoms with van der Waals surface area (Å²) in [7, 11) is 0. The number of rotatable bonds is 22. The molecule has 0 bridgehead atoms. The van der Waals surface area contributed by atoms with Crippen LogP contribution in [0.2, 0.25) is 0 Å². The molecule has 0 saturated carbocycles. The summed E-state index contributed by atoms with van der Waals surface area (Å²) in [6.45, 7) is 9.99. The summed E-state index contributed by atoms with van der Waals surface area (Å²) in [6.07, 6.45) is 4.39. The van der Waals surface area contributed by atoms with Crippen LogP contribution < -0.4 is 38.1 Å². The van der Waals surface area contributed by atoms with Gasteiger partial charge in [0.25, 0.3) is 0 Å². The molecule has 7 amide bonds. The number of fused-ring (bicyclic) bond motifs is 1. The zero-order valence-corrected chi connectivity index (χ0v) is 35.7. The Kier molecular flexibility index (Phi) is 18.7. The number of nitrogens with one attached hydrogen (secondary N) is 5. The van der Waals surface area contributed by atoms with Gasteiger partial charge in [-0.15, -0.1) is 0 Å². The van der Waals surface area contributed by atoms with Crippen molar-refractivity contribution < 1.29 is 43.1 Å². The van der Waals surface area contributed by atoms with Crippen LogP contribution in [0, 0.1) is 0 Å². The van der Waals surface area contributed by atoms with Gasteiger partial charge in [0.1, 0.15) is 35.8 Å². The van der Waals surface area contributed by atoms with Gasteiger partial charge in [-0.1, -0.05) is 44.2 Å². The fourth-order valence-corrected chi connectivity index (χ4v) is 6.99. The summed E-state index contributed by atoms with van der Waals surface area (Å²) in [5.74, 6) is -4.97. The zero-order chi connectivity index (χ0) is 44.6. The highest BCUT2D eigenvalue weighted by Crippen LogP contribution is 2.31. The molecule has 1 aliphatic heterocycles. The fraction of sp³-hybridized carbons (Fsp3) is 0.595. The molecule has 2 aliphatic rings. The fourth-order valence-electron chi connectivity index (χ4n) is 6.99. The molecule has 330 valence electrons. The normalized spacial score (nSPS) is 16.9. The Morgan fingerprint density at radius 1 is 0.900 bits per heavy atom. The Hall–Kier alpha value is -5.81. The van der Waals surface area contributed by atoms with Crippen molar-refractivity contribution in [1.29, 1.82) is 0 Å². The molecule has 0 spiro atoms. The minimum atomic E-state index is -1.56. The lowest BCUT2D eigenvalue weighted by Gasteiger charge is -2.31. The lowest BCUT2D eigenvalue weighted by Crippen LogP contribution is -2.58. The van der Waals surface area contributed by atoms with Gasteiger partial charge in [-0.3, -0.25) is 43.3 Å². The van der Waals surface area contributed by atoms with Crippen LogP contribution in [0.3, 0.4) is 0 Å². The third-order valence-corrected chi connectivity index (χ3v) is 9.88. The number of aliphatic imine (C=N–C) groups is 1. The van der Waals surface area contributed by atoms with Crippen molar-refractivity contribution in [3.63, 3.8) is 0 Å². The molecule has 1 saturated heterocycles. The molecule has 1 aromatic rings. The number of nitrogens with zero attached hydrogens (tertiary/aromatic N) is 2. The van der Waals surface area contributed by atoms with E-state index in [1.54, 1.807) is 34.6 Å². The quantitative estimate of drug-likeness (QED) is 0.0371. The summed E-state index contributed by atoms with van der Waals surface area (Å²) in [5.41, 5.74) is 12.9. The van der Waals surface area contributed by atoms with Gasteiger partial charge < -0.3 is 47.7 Å². The number of hydrogen-bond donors (Lipinski definition) is 7. The summed E-state index contributed by atoms with van der Waals surface area (Å²) in [6, 6.07) is 1.97. The Morgan fingerprint density at radius 2 is 1.60 bits per heavy atom. The van der Waals surface area contributed by atoms with Gasteiger partial charge in [0.05, 0.1) is 18.8 Å². The van der Waals surface area contributed by atoms with E-state index in [1.807, 2.05) is 37.3 Å². The molecule has 1 fully saturated rings. The predicted octanol–water partition coefficient (Wildman–Crippen LogP) is 0.647. The van der Waals surface area contributed by atoms with Crippen LogP contribution in [0.15, 0.2) is 35.3 Å². The van der Waals surface area contributed by atoms with Crippen molar-refractivity contribution in [3.8, 4) is 0 Å². The Morgan fingerprint density at radius 3 is 2.25 bits per heavy atom. The van der Waals surface area contributed by atoms with Gasteiger partial charge in [0, 0.05) is 25.9 Å². The SMILES string of the molecule is CCCC(=O)N[C@@H](CCCN=C(C)N)C(=O)NCC(=O)N[C@@H](CC(=O)OC(C)(C)C)C(=O)NC(CC1=CCc2ccccc21)C(=O)N1CCC[C@H]1C(=O)N[C@@H](CC)C(N)=O. The Bertz CT molecular complexity index is 1800. The van der Waals surface area contributed by atoms with E-state index in [1.165, 1.54) is 4.90 Å². The molecule has 18 heteroatoms. The summed E-state index contributed by atoms with van der Waals surface area (Å²) in [4.78, 5) is 112. The molecule has 1 unspecified atom stereocenters. The summed E-state index contributed by atoms with van der Waals surface area (Å²) in [5, 5.41) is 13.1. The third-order valence-electron chi connectivity index (χ3n) is 9.88. The standard InChI is InChI=1S/C42H63N9O9/c1-7-13-34(52)47-30(16-11-20-45-25(3)43)38(56)46-24-35(53)48-31(23-36(54)60-42(4,5)6)39(57)50-32(22-27-19-18-26-14-9-10-15-28(26)27)41(59)51-21-12-17-33(51)40(58)49-29(8-2)37(44)55/h9-10,14-15,19,29-33H,7-8,11-13,16-18,20-24H2,1-6H3,(H2,43,45)(H2,44,55)(H,46,56)(H,47,52)(H,48,53)(H,49,58)(H,50,57)/t29-,30-,31-,32?,33-/m0/s1. The number of benzene rings is 1. The topological polar surface area (TPSA) is 274 Å². The number of carbonyl (C=O) groups is 8. The number of esters is 1. The van der Waals surface area contributed by atoms with Gasteiger partial charge in [-0.25, -0.2) is 0 Å². The number of ether oxygens (including phenoxy) is 1. The number of nitrogens with two attached hydrogens (primary N) is 2. The van der Waals surface area contributed by atoms with Gasteiger partial charge in [-0.05, 0) is 89.3 Å². The first-order valence-electron chi connectivity index (χ1n) is 20.7. The van der Waals surface area contributed by atoms with Crippen molar-refractivity contribution in [2.24, 2.45) is 16.5 Å². The van der Waals surface area contributed by atoms with Crippen molar-refractivity contribution >= 4 is 58.7 Å². The van der Waals surface area contributed by atoms with Crippen molar-refractivity contribution in [2.45, 2.75) is 142 Å². The van der Waals surface area contributed by atoms with Crippen LogP contribution in [-0.2, 0) is 49.5 Å². The summed E-state index contributed by atoms with van der Waals surface area (Å²) >= 11 is 0. The molecule has 0 aromatic heterocycles. The van der Waals surface area contributed by atoms with E-state index in [2.05, 4.69) is 31.6 Å². The number of carbonyl (C=O) groups excluding carboxylic acids is 8. The largest absolute Gasteiger partial charge is 0.460 e. The second kappa shape index (κ2) is 23.1. The second-order valence-electron chi connectivity index (χ2n) is 16.1. The zero-order valence-electron chi connectivity index (χ0n) is 35.7. The highest BCUT2D eigenvalue weighted by molar-refractivity contribution is 5.98. The molecule has 0 radical (unpaired) electrons. The summed E-state index contributed by atoms with van der Waals surface area (Å²) < 4.78 is 5.47. The van der Waals surface area contributed by atoms with E-state index in [4.69, 9.17) is 16.2 Å². The maximum absolute atomic E-state index is 14.5. The molecular weight excluding hydrogens is 775 g/mol. The van der Waals surface area contributed by atoms with Crippen LogP contribution in [0.5, 0.6) is 0 Å². The Balaban J connectivity index is 1.86. The number of amides is 7. The number of amidine groups is 1. The van der Waals surface area contributed by atoms with E-state index in [0.29, 0.717) is 44.5 Å². The third kappa shape index (κ3) is 15.4. The van der Waals surface area contributed by atoms with E-state index in [0.717, 1.165) is 16.7 Å².